The molecule has 0 unspecified atom stereocenters. The van der Waals surface area contributed by atoms with Gasteiger partial charge < -0.3 is 5.32 Å². The Balaban J connectivity index is 2.76. The monoisotopic (exact) mass is 224 g/mol. The predicted octanol–water partition coefficient (Wildman–Crippen LogP) is 3.38. The SMILES string of the molecule is CNc1nc2cc(F)c(Cl)cc2cc1C. The van der Waals surface area contributed by atoms with Gasteiger partial charge in [-0.15, -0.1) is 0 Å². The maximum absolute atomic E-state index is 13.2. The van der Waals surface area contributed by atoms with Gasteiger partial charge in [-0.25, -0.2) is 9.37 Å². The van der Waals surface area contributed by atoms with Crippen molar-refractivity contribution in [3.63, 3.8) is 0 Å². The Bertz CT molecular complexity index is 525. The van der Waals surface area contributed by atoms with Gasteiger partial charge in [0.2, 0.25) is 0 Å². The summed E-state index contributed by atoms with van der Waals surface area (Å²) in [6.45, 7) is 1.94. The van der Waals surface area contributed by atoms with Gasteiger partial charge in [-0.3, -0.25) is 0 Å². The number of aromatic nitrogens is 1. The molecular weight excluding hydrogens is 215 g/mol. The molecule has 2 rings (SSSR count). The maximum Gasteiger partial charge on any atom is 0.143 e. The van der Waals surface area contributed by atoms with Gasteiger partial charge in [0.25, 0.3) is 0 Å². The van der Waals surface area contributed by atoms with Crippen LogP contribution in [0.2, 0.25) is 5.02 Å². The molecule has 0 atom stereocenters. The number of rotatable bonds is 1. The first-order valence-corrected chi connectivity index (χ1v) is 4.94. The Morgan fingerprint density at radius 2 is 2.07 bits per heavy atom. The number of nitrogens with one attached hydrogen (secondary N) is 1. The number of pyridine rings is 1. The average molecular weight is 225 g/mol. The van der Waals surface area contributed by atoms with E-state index in [0.29, 0.717) is 5.52 Å². The number of aryl methyl sites for hydroxylation is 1. The van der Waals surface area contributed by atoms with E-state index in [-0.39, 0.29) is 5.02 Å². The van der Waals surface area contributed by atoms with Crippen molar-refractivity contribution >= 4 is 28.3 Å². The van der Waals surface area contributed by atoms with E-state index in [0.717, 1.165) is 16.8 Å². The second kappa shape index (κ2) is 3.66. The molecule has 0 aliphatic heterocycles. The van der Waals surface area contributed by atoms with E-state index >= 15 is 0 Å². The minimum Gasteiger partial charge on any atom is -0.373 e. The summed E-state index contributed by atoms with van der Waals surface area (Å²) in [5.74, 6) is 0.312. The minimum atomic E-state index is -0.442. The first-order chi connectivity index (χ1) is 7.11. The van der Waals surface area contributed by atoms with Gasteiger partial charge in [0.05, 0.1) is 10.5 Å². The Kier molecular flexibility index (Phi) is 2.49. The quantitative estimate of drug-likeness (QED) is 0.803. The van der Waals surface area contributed by atoms with Crippen LogP contribution in [0.15, 0.2) is 18.2 Å². The van der Waals surface area contributed by atoms with Crippen LogP contribution in [0.4, 0.5) is 10.2 Å². The summed E-state index contributed by atoms with van der Waals surface area (Å²) in [5.41, 5.74) is 1.61. The number of hydrogen-bond acceptors (Lipinski definition) is 2. The number of nitrogens with zero attached hydrogens (tertiary/aromatic N) is 1. The van der Waals surface area contributed by atoms with Gasteiger partial charge >= 0.3 is 0 Å². The van der Waals surface area contributed by atoms with E-state index in [9.17, 15) is 4.39 Å². The third-order valence-electron chi connectivity index (χ3n) is 2.28. The van der Waals surface area contributed by atoms with E-state index in [2.05, 4.69) is 10.3 Å². The fourth-order valence-electron chi connectivity index (χ4n) is 1.53. The molecule has 1 heterocycles. The summed E-state index contributed by atoms with van der Waals surface area (Å²) in [5, 5.41) is 3.93. The average Bonchev–Trinajstić information content (AvgIpc) is 2.20. The summed E-state index contributed by atoms with van der Waals surface area (Å²) in [4.78, 5) is 4.29. The van der Waals surface area contributed by atoms with Gasteiger partial charge in [-0.2, -0.15) is 0 Å². The standard InChI is InChI=1S/C11H10ClFN2/c1-6-3-7-4-8(12)9(13)5-10(7)15-11(6)14-2/h3-5H,1-2H3,(H,14,15). The van der Waals surface area contributed by atoms with Crippen molar-refractivity contribution in [3.05, 3.63) is 34.6 Å². The number of halogens is 2. The van der Waals surface area contributed by atoms with Gasteiger partial charge in [0.1, 0.15) is 11.6 Å². The lowest BCUT2D eigenvalue weighted by molar-refractivity contribution is 0.630. The number of benzene rings is 1. The van der Waals surface area contributed by atoms with E-state index in [1.54, 1.807) is 13.1 Å². The van der Waals surface area contributed by atoms with Crippen LogP contribution in [0, 0.1) is 12.7 Å². The van der Waals surface area contributed by atoms with E-state index < -0.39 is 5.82 Å². The van der Waals surface area contributed by atoms with Crippen LogP contribution in [0.1, 0.15) is 5.56 Å². The van der Waals surface area contributed by atoms with Crippen molar-refractivity contribution in [1.29, 1.82) is 0 Å². The lowest BCUT2D eigenvalue weighted by Crippen LogP contribution is -1.96. The molecule has 78 valence electrons. The van der Waals surface area contributed by atoms with Gasteiger partial charge in [0.15, 0.2) is 0 Å². The second-order valence-electron chi connectivity index (χ2n) is 3.36. The molecule has 0 radical (unpaired) electrons. The molecule has 2 nitrogen and oxygen atoms in total. The number of anilines is 1. The van der Waals surface area contributed by atoms with Crippen LogP contribution in [0.5, 0.6) is 0 Å². The highest BCUT2D eigenvalue weighted by atomic mass is 35.5. The van der Waals surface area contributed by atoms with Crippen molar-refractivity contribution in [2.45, 2.75) is 6.92 Å². The third-order valence-corrected chi connectivity index (χ3v) is 2.57. The lowest BCUT2D eigenvalue weighted by atomic mass is 10.1. The zero-order valence-corrected chi connectivity index (χ0v) is 9.19. The van der Waals surface area contributed by atoms with Gasteiger partial charge in [-0.1, -0.05) is 11.6 Å². The molecule has 0 bridgehead atoms. The maximum atomic E-state index is 13.2. The van der Waals surface area contributed by atoms with Crippen molar-refractivity contribution < 1.29 is 4.39 Å². The fourth-order valence-corrected chi connectivity index (χ4v) is 1.70. The molecule has 1 aromatic heterocycles. The summed E-state index contributed by atoms with van der Waals surface area (Å²) in [6, 6.07) is 4.86. The Hall–Kier alpha value is -1.35. The number of fused-ring (bicyclic) bond motifs is 1. The fraction of sp³-hybridized carbons (Fsp3) is 0.182. The Labute approximate surface area is 92.1 Å². The minimum absolute atomic E-state index is 0.126. The highest BCUT2D eigenvalue weighted by Crippen LogP contribution is 2.24. The molecule has 15 heavy (non-hydrogen) atoms. The smallest absolute Gasteiger partial charge is 0.143 e. The van der Waals surface area contributed by atoms with Crippen LogP contribution in [-0.2, 0) is 0 Å². The first kappa shape index (κ1) is 10.2. The van der Waals surface area contributed by atoms with E-state index in [1.807, 2.05) is 13.0 Å². The molecule has 0 saturated heterocycles. The Morgan fingerprint density at radius 3 is 2.73 bits per heavy atom. The van der Waals surface area contributed by atoms with Crippen LogP contribution >= 0.6 is 11.6 Å². The van der Waals surface area contributed by atoms with Crippen LogP contribution < -0.4 is 5.32 Å². The molecule has 0 amide bonds. The summed E-state index contributed by atoms with van der Waals surface area (Å²) >= 11 is 5.70. The summed E-state index contributed by atoms with van der Waals surface area (Å²) in [7, 11) is 1.79. The van der Waals surface area contributed by atoms with Gasteiger partial charge in [-0.05, 0) is 24.6 Å². The topological polar surface area (TPSA) is 24.9 Å². The first-order valence-electron chi connectivity index (χ1n) is 4.56. The van der Waals surface area contributed by atoms with Crippen LogP contribution in [-0.4, -0.2) is 12.0 Å². The van der Waals surface area contributed by atoms with Crippen molar-refractivity contribution in [2.24, 2.45) is 0 Å². The third kappa shape index (κ3) is 1.75. The van der Waals surface area contributed by atoms with Gasteiger partial charge in [0, 0.05) is 18.5 Å². The Morgan fingerprint density at radius 1 is 1.33 bits per heavy atom. The summed E-state index contributed by atoms with van der Waals surface area (Å²) < 4.78 is 13.2. The molecular formula is C11H10ClFN2. The molecule has 0 aliphatic carbocycles. The van der Waals surface area contributed by atoms with E-state index in [1.165, 1.54) is 6.07 Å². The van der Waals surface area contributed by atoms with E-state index in [4.69, 9.17) is 11.6 Å². The second-order valence-corrected chi connectivity index (χ2v) is 3.77. The molecule has 0 aliphatic rings. The normalized spacial score (nSPS) is 10.7. The molecule has 0 spiro atoms. The lowest BCUT2D eigenvalue weighted by Gasteiger charge is -2.06. The molecule has 2 aromatic rings. The highest BCUT2D eigenvalue weighted by molar-refractivity contribution is 6.31. The highest BCUT2D eigenvalue weighted by Gasteiger charge is 2.06. The van der Waals surface area contributed by atoms with Crippen molar-refractivity contribution in [2.75, 3.05) is 12.4 Å². The molecule has 0 fully saturated rings. The number of hydrogen-bond donors (Lipinski definition) is 1. The molecule has 1 N–H and O–H groups in total. The molecule has 1 aromatic carbocycles. The van der Waals surface area contributed by atoms with Crippen LogP contribution in [0.25, 0.3) is 10.9 Å². The molecule has 0 saturated carbocycles. The van der Waals surface area contributed by atoms with Crippen molar-refractivity contribution in [3.8, 4) is 0 Å². The largest absolute Gasteiger partial charge is 0.373 e. The molecule has 4 heteroatoms. The summed E-state index contributed by atoms with van der Waals surface area (Å²) in [6.07, 6.45) is 0. The zero-order valence-electron chi connectivity index (χ0n) is 8.44. The predicted molar refractivity (Wildman–Crippen MR) is 61.0 cm³/mol. The van der Waals surface area contributed by atoms with Crippen molar-refractivity contribution in [1.82, 2.24) is 4.98 Å². The van der Waals surface area contributed by atoms with Crippen LogP contribution in [0.3, 0.4) is 0 Å². The zero-order chi connectivity index (χ0) is 11.0.